The van der Waals surface area contributed by atoms with Gasteiger partial charge in [-0.05, 0) is 39.5 Å². The summed E-state index contributed by atoms with van der Waals surface area (Å²) in [4.78, 5) is 0. The van der Waals surface area contributed by atoms with Crippen LogP contribution in [0.1, 0.15) is 39.5 Å². The van der Waals surface area contributed by atoms with Crippen molar-refractivity contribution in [2.75, 3.05) is 13.7 Å². The lowest BCUT2D eigenvalue weighted by atomic mass is 9.83. The number of hydrogen-bond donors (Lipinski definition) is 1. The predicted molar refractivity (Wildman–Crippen MR) is 57.3 cm³/mol. The maximum atomic E-state index is 5.94. The van der Waals surface area contributed by atoms with E-state index in [0.717, 1.165) is 25.7 Å². The first-order valence-corrected chi connectivity index (χ1v) is 5.52. The Bertz CT molecular complexity index is 163. The van der Waals surface area contributed by atoms with E-state index >= 15 is 0 Å². The summed E-state index contributed by atoms with van der Waals surface area (Å²) in [5.74, 6) is 0. The molecule has 2 N–H and O–H groups in total. The summed E-state index contributed by atoms with van der Waals surface area (Å²) in [6, 6.07) is 0. The summed E-state index contributed by atoms with van der Waals surface area (Å²) in [6.45, 7) is 4.77. The molecule has 0 heterocycles. The first-order valence-electron chi connectivity index (χ1n) is 5.52. The SMILES string of the molecule is COC1CCC(CN)(OC(C)C)CC1. The van der Waals surface area contributed by atoms with Crippen LogP contribution in [0.15, 0.2) is 0 Å². The van der Waals surface area contributed by atoms with Crippen molar-refractivity contribution in [2.24, 2.45) is 5.73 Å². The lowest BCUT2D eigenvalue weighted by molar-refractivity contribution is -0.113. The van der Waals surface area contributed by atoms with Crippen LogP contribution in [0.3, 0.4) is 0 Å². The molecule has 0 saturated heterocycles. The molecule has 0 bridgehead atoms. The topological polar surface area (TPSA) is 44.5 Å². The van der Waals surface area contributed by atoms with Gasteiger partial charge >= 0.3 is 0 Å². The highest BCUT2D eigenvalue weighted by atomic mass is 16.5. The van der Waals surface area contributed by atoms with Gasteiger partial charge in [0, 0.05) is 13.7 Å². The van der Waals surface area contributed by atoms with Gasteiger partial charge in [0.25, 0.3) is 0 Å². The van der Waals surface area contributed by atoms with Gasteiger partial charge in [0.15, 0.2) is 0 Å². The largest absolute Gasteiger partial charge is 0.381 e. The quantitative estimate of drug-likeness (QED) is 0.753. The van der Waals surface area contributed by atoms with Gasteiger partial charge in [0.1, 0.15) is 0 Å². The van der Waals surface area contributed by atoms with Crippen molar-refractivity contribution in [1.82, 2.24) is 0 Å². The maximum absolute atomic E-state index is 5.94. The zero-order chi connectivity index (χ0) is 10.6. The third-order valence-electron chi connectivity index (χ3n) is 3.03. The Morgan fingerprint density at radius 3 is 2.29 bits per heavy atom. The predicted octanol–water partition coefficient (Wildman–Crippen LogP) is 1.70. The lowest BCUT2D eigenvalue weighted by Crippen LogP contribution is -2.46. The van der Waals surface area contributed by atoms with E-state index in [1.165, 1.54) is 0 Å². The summed E-state index contributed by atoms with van der Waals surface area (Å²) >= 11 is 0. The number of rotatable bonds is 4. The number of nitrogens with two attached hydrogens (primary N) is 1. The normalized spacial score (nSPS) is 33.6. The summed E-state index contributed by atoms with van der Waals surface area (Å²) < 4.78 is 11.3. The first-order chi connectivity index (χ1) is 6.62. The van der Waals surface area contributed by atoms with Crippen molar-refractivity contribution in [3.05, 3.63) is 0 Å². The van der Waals surface area contributed by atoms with Crippen LogP contribution in [0.2, 0.25) is 0 Å². The molecule has 3 heteroatoms. The Labute approximate surface area is 86.9 Å². The van der Waals surface area contributed by atoms with E-state index in [1.807, 2.05) is 0 Å². The van der Waals surface area contributed by atoms with Gasteiger partial charge in [-0.2, -0.15) is 0 Å². The molecule has 1 aliphatic carbocycles. The van der Waals surface area contributed by atoms with Crippen molar-refractivity contribution in [1.29, 1.82) is 0 Å². The Morgan fingerprint density at radius 1 is 1.36 bits per heavy atom. The molecule has 0 atom stereocenters. The molecule has 0 aromatic rings. The summed E-state index contributed by atoms with van der Waals surface area (Å²) in [5.41, 5.74) is 5.73. The van der Waals surface area contributed by atoms with E-state index in [0.29, 0.717) is 12.6 Å². The molecule has 1 fully saturated rings. The van der Waals surface area contributed by atoms with E-state index < -0.39 is 0 Å². The lowest BCUT2D eigenvalue weighted by Gasteiger charge is -2.40. The number of hydrogen-bond acceptors (Lipinski definition) is 3. The van der Waals surface area contributed by atoms with Gasteiger partial charge in [0.2, 0.25) is 0 Å². The molecule has 0 spiro atoms. The van der Waals surface area contributed by atoms with Crippen molar-refractivity contribution in [2.45, 2.75) is 57.3 Å². The molecule has 1 aliphatic rings. The molecule has 14 heavy (non-hydrogen) atoms. The second kappa shape index (κ2) is 5.10. The van der Waals surface area contributed by atoms with Crippen molar-refractivity contribution < 1.29 is 9.47 Å². The van der Waals surface area contributed by atoms with Gasteiger partial charge in [-0.25, -0.2) is 0 Å². The third kappa shape index (κ3) is 2.94. The monoisotopic (exact) mass is 201 g/mol. The van der Waals surface area contributed by atoms with Crippen LogP contribution in [0.4, 0.5) is 0 Å². The van der Waals surface area contributed by atoms with Crippen LogP contribution in [-0.4, -0.2) is 31.5 Å². The van der Waals surface area contributed by atoms with E-state index in [-0.39, 0.29) is 11.7 Å². The Hall–Kier alpha value is -0.120. The molecule has 1 rings (SSSR count). The molecule has 1 saturated carbocycles. The van der Waals surface area contributed by atoms with Crippen molar-refractivity contribution >= 4 is 0 Å². The standard InChI is InChI=1S/C11H23NO2/c1-9(2)14-11(8-12)6-4-10(13-3)5-7-11/h9-10H,4-8,12H2,1-3H3. The Kier molecular flexibility index (Phi) is 4.35. The highest BCUT2D eigenvalue weighted by Crippen LogP contribution is 2.33. The molecule has 0 aromatic heterocycles. The minimum absolute atomic E-state index is 0.0802. The first kappa shape index (κ1) is 12.0. The second-order valence-corrected chi connectivity index (χ2v) is 4.49. The maximum Gasteiger partial charge on any atom is 0.0809 e. The van der Waals surface area contributed by atoms with Crippen LogP contribution in [0.25, 0.3) is 0 Å². The van der Waals surface area contributed by atoms with Crippen LogP contribution in [0.5, 0.6) is 0 Å². The van der Waals surface area contributed by atoms with Gasteiger partial charge in [-0.3, -0.25) is 0 Å². The van der Waals surface area contributed by atoms with Crippen LogP contribution in [0, 0.1) is 0 Å². The van der Waals surface area contributed by atoms with Crippen molar-refractivity contribution in [3.8, 4) is 0 Å². The molecular weight excluding hydrogens is 178 g/mol. The van der Waals surface area contributed by atoms with Crippen molar-refractivity contribution in [3.63, 3.8) is 0 Å². The molecule has 0 aliphatic heterocycles. The average Bonchev–Trinajstić information content (AvgIpc) is 2.18. The summed E-state index contributed by atoms with van der Waals surface area (Å²) in [5, 5.41) is 0. The van der Waals surface area contributed by atoms with Gasteiger partial charge in [0.05, 0.1) is 17.8 Å². The number of ether oxygens (including phenoxy) is 2. The van der Waals surface area contributed by atoms with E-state index in [4.69, 9.17) is 15.2 Å². The molecule has 0 radical (unpaired) electrons. The fourth-order valence-electron chi connectivity index (χ4n) is 2.22. The Morgan fingerprint density at radius 2 is 1.93 bits per heavy atom. The zero-order valence-corrected chi connectivity index (χ0v) is 9.58. The third-order valence-corrected chi connectivity index (χ3v) is 3.03. The fourth-order valence-corrected chi connectivity index (χ4v) is 2.22. The van der Waals surface area contributed by atoms with Crippen LogP contribution < -0.4 is 5.73 Å². The molecule has 0 amide bonds. The highest BCUT2D eigenvalue weighted by molar-refractivity contribution is 4.89. The number of methoxy groups -OCH3 is 1. The molecule has 0 unspecified atom stereocenters. The average molecular weight is 201 g/mol. The second-order valence-electron chi connectivity index (χ2n) is 4.49. The summed E-state index contributed by atoms with van der Waals surface area (Å²) in [6.07, 6.45) is 4.87. The smallest absolute Gasteiger partial charge is 0.0809 e. The minimum Gasteiger partial charge on any atom is -0.381 e. The van der Waals surface area contributed by atoms with Gasteiger partial charge < -0.3 is 15.2 Å². The minimum atomic E-state index is -0.0802. The zero-order valence-electron chi connectivity index (χ0n) is 9.58. The van der Waals surface area contributed by atoms with Gasteiger partial charge in [-0.1, -0.05) is 0 Å². The fraction of sp³-hybridized carbons (Fsp3) is 1.00. The molecular formula is C11H23NO2. The van der Waals surface area contributed by atoms with Crippen LogP contribution >= 0.6 is 0 Å². The molecule has 0 aromatic carbocycles. The molecule has 84 valence electrons. The van der Waals surface area contributed by atoms with E-state index in [2.05, 4.69) is 13.8 Å². The molecule has 3 nitrogen and oxygen atoms in total. The Balaban J connectivity index is 2.48. The highest BCUT2D eigenvalue weighted by Gasteiger charge is 2.35. The van der Waals surface area contributed by atoms with Gasteiger partial charge in [-0.15, -0.1) is 0 Å². The summed E-state index contributed by atoms with van der Waals surface area (Å²) in [7, 11) is 1.78. The van der Waals surface area contributed by atoms with E-state index in [1.54, 1.807) is 7.11 Å². The van der Waals surface area contributed by atoms with Crippen LogP contribution in [-0.2, 0) is 9.47 Å². The van der Waals surface area contributed by atoms with E-state index in [9.17, 15) is 0 Å².